The van der Waals surface area contributed by atoms with Crippen molar-refractivity contribution in [3.8, 4) is 0 Å². The number of rotatable bonds is 3. The van der Waals surface area contributed by atoms with Crippen LogP contribution >= 0.6 is 0 Å². The van der Waals surface area contributed by atoms with Gasteiger partial charge in [0.2, 0.25) is 5.91 Å². The van der Waals surface area contributed by atoms with Gasteiger partial charge in [-0.2, -0.15) is 5.10 Å². The third-order valence-electron chi connectivity index (χ3n) is 6.98. The third kappa shape index (κ3) is 4.15. The number of amides is 1. The second-order valence-electron chi connectivity index (χ2n) is 10.2. The Hall–Kier alpha value is -1.66. The standard InChI is InChI=1S/C22H34F2N4O/c1-22(2,3)18-12-19-25-16(11-17(20(23)24)28(19)26-18)15-9-6-10-27(13-15)21(29)14-7-4-5-8-14/h12,14-17,20,25H,4-11,13H2,1-3H3/t15?,16-,17+/m0/s1. The van der Waals surface area contributed by atoms with Gasteiger partial charge in [0.1, 0.15) is 11.9 Å². The second-order valence-corrected chi connectivity index (χ2v) is 10.2. The minimum Gasteiger partial charge on any atom is -0.367 e. The molecule has 1 saturated heterocycles. The van der Waals surface area contributed by atoms with E-state index < -0.39 is 12.5 Å². The number of anilines is 1. The molecule has 1 amide bonds. The number of aromatic nitrogens is 2. The second kappa shape index (κ2) is 7.88. The number of halogens is 2. The molecule has 2 aliphatic heterocycles. The molecule has 1 aromatic heterocycles. The van der Waals surface area contributed by atoms with Crippen molar-refractivity contribution in [1.82, 2.24) is 14.7 Å². The molecule has 3 atom stereocenters. The highest BCUT2D eigenvalue weighted by molar-refractivity contribution is 5.79. The number of carbonyl (C=O) groups is 1. The lowest BCUT2D eigenvalue weighted by Crippen LogP contribution is -2.49. The number of likely N-dealkylation sites (tertiary alicyclic amines) is 1. The summed E-state index contributed by atoms with van der Waals surface area (Å²) >= 11 is 0. The van der Waals surface area contributed by atoms with E-state index in [0.29, 0.717) is 18.8 Å². The highest BCUT2D eigenvalue weighted by atomic mass is 19.3. The molecule has 0 aromatic carbocycles. The van der Waals surface area contributed by atoms with Gasteiger partial charge in [-0.1, -0.05) is 33.6 Å². The van der Waals surface area contributed by atoms with E-state index in [9.17, 15) is 13.6 Å². The zero-order valence-corrected chi connectivity index (χ0v) is 17.8. The van der Waals surface area contributed by atoms with Crippen molar-refractivity contribution >= 4 is 11.7 Å². The highest BCUT2D eigenvalue weighted by Crippen LogP contribution is 2.38. The van der Waals surface area contributed by atoms with Crippen LogP contribution in [0.15, 0.2) is 6.07 Å². The first kappa shape index (κ1) is 20.6. The van der Waals surface area contributed by atoms with Crippen LogP contribution in [0.1, 0.15) is 77.5 Å². The van der Waals surface area contributed by atoms with Gasteiger partial charge in [0.25, 0.3) is 6.43 Å². The maximum absolute atomic E-state index is 13.9. The predicted molar refractivity (Wildman–Crippen MR) is 109 cm³/mol. The minimum atomic E-state index is -2.45. The molecule has 7 heteroatoms. The summed E-state index contributed by atoms with van der Waals surface area (Å²) in [6, 6.07) is 0.963. The van der Waals surface area contributed by atoms with Crippen molar-refractivity contribution in [2.45, 2.75) is 89.6 Å². The van der Waals surface area contributed by atoms with Crippen LogP contribution in [-0.4, -0.2) is 46.1 Å². The normalized spacial score (nSPS) is 28.5. The Labute approximate surface area is 172 Å². The van der Waals surface area contributed by atoms with Gasteiger partial charge in [0.05, 0.1) is 5.69 Å². The molecule has 1 aromatic rings. The van der Waals surface area contributed by atoms with Crippen LogP contribution in [0.2, 0.25) is 0 Å². The number of nitrogens with one attached hydrogen (secondary N) is 1. The van der Waals surface area contributed by atoms with Gasteiger partial charge in [0, 0.05) is 36.5 Å². The molecule has 0 spiro atoms. The zero-order valence-electron chi connectivity index (χ0n) is 17.8. The minimum absolute atomic E-state index is 0.0507. The monoisotopic (exact) mass is 408 g/mol. The molecule has 2 fully saturated rings. The highest BCUT2D eigenvalue weighted by Gasteiger charge is 2.40. The first-order valence-corrected chi connectivity index (χ1v) is 11.2. The van der Waals surface area contributed by atoms with Crippen molar-refractivity contribution in [3.05, 3.63) is 11.8 Å². The van der Waals surface area contributed by atoms with Crippen LogP contribution in [-0.2, 0) is 10.2 Å². The van der Waals surface area contributed by atoms with Crippen molar-refractivity contribution in [1.29, 1.82) is 0 Å². The first-order valence-electron chi connectivity index (χ1n) is 11.2. The Bertz CT molecular complexity index is 736. The Morgan fingerprint density at radius 2 is 1.93 bits per heavy atom. The van der Waals surface area contributed by atoms with E-state index in [2.05, 4.69) is 10.4 Å². The van der Waals surface area contributed by atoms with Crippen LogP contribution in [0, 0.1) is 11.8 Å². The van der Waals surface area contributed by atoms with Gasteiger partial charge in [-0.3, -0.25) is 4.79 Å². The summed E-state index contributed by atoms with van der Waals surface area (Å²) in [7, 11) is 0. The number of alkyl halides is 2. The van der Waals surface area contributed by atoms with E-state index in [1.807, 2.05) is 31.7 Å². The molecule has 1 unspecified atom stereocenters. The lowest BCUT2D eigenvalue weighted by Gasteiger charge is -2.41. The zero-order chi connectivity index (χ0) is 20.8. The van der Waals surface area contributed by atoms with Crippen LogP contribution in [0.3, 0.4) is 0 Å². The topological polar surface area (TPSA) is 50.2 Å². The van der Waals surface area contributed by atoms with Gasteiger partial charge < -0.3 is 10.2 Å². The van der Waals surface area contributed by atoms with Crippen LogP contribution in [0.5, 0.6) is 0 Å². The van der Waals surface area contributed by atoms with Crippen molar-refractivity contribution in [2.24, 2.45) is 11.8 Å². The Balaban J connectivity index is 1.51. The average Bonchev–Trinajstić information content (AvgIpc) is 3.36. The van der Waals surface area contributed by atoms with Gasteiger partial charge in [-0.05, 0) is 38.0 Å². The molecule has 3 heterocycles. The summed E-state index contributed by atoms with van der Waals surface area (Å²) in [5, 5.41) is 8.01. The van der Waals surface area contributed by atoms with E-state index in [0.717, 1.165) is 50.8 Å². The molecule has 162 valence electrons. The van der Waals surface area contributed by atoms with E-state index >= 15 is 0 Å². The average molecular weight is 409 g/mol. The number of nitrogens with zero attached hydrogens (tertiary/aromatic N) is 3. The summed E-state index contributed by atoms with van der Waals surface area (Å²) in [4.78, 5) is 14.9. The molecule has 3 aliphatic rings. The fourth-order valence-corrected chi connectivity index (χ4v) is 5.22. The first-order chi connectivity index (χ1) is 13.7. The van der Waals surface area contributed by atoms with Gasteiger partial charge in [0.15, 0.2) is 0 Å². The van der Waals surface area contributed by atoms with Crippen LogP contribution < -0.4 is 5.32 Å². The Morgan fingerprint density at radius 3 is 2.59 bits per heavy atom. The lowest BCUT2D eigenvalue weighted by molar-refractivity contribution is -0.137. The summed E-state index contributed by atoms with van der Waals surface area (Å²) in [5.74, 6) is 1.36. The molecule has 1 aliphatic carbocycles. The van der Waals surface area contributed by atoms with Crippen molar-refractivity contribution < 1.29 is 13.6 Å². The summed E-state index contributed by atoms with van der Waals surface area (Å²) in [5.41, 5.74) is 0.636. The summed E-state index contributed by atoms with van der Waals surface area (Å²) < 4.78 is 29.3. The molecule has 5 nitrogen and oxygen atoms in total. The van der Waals surface area contributed by atoms with E-state index in [4.69, 9.17) is 0 Å². The summed E-state index contributed by atoms with van der Waals surface area (Å²) in [6.45, 7) is 7.63. The number of fused-ring (bicyclic) bond motifs is 1. The molecule has 4 rings (SSSR count). The third-order valence-corrected chi connectivity index (χ3v) is 6.98. The van der Waals surface area contributed by atoms with Crippen molar-refractivity contribution in [2.75, 3.05) is 18.4 Å². The van der Waals surface area contributed by atoms with Gasteiger partial charge in [-0.25, -0.2) is 13.5 Å². The number of piperidine rings is 1. The number of carbonyl (C=O) groups excluding carboxylic acids is 1. The number of hydrogen-bond donors (Lipinski definition) is 1. The smallest absolute Gasteiger partial charge is 0.260 e. The molecule has 0 bridgehead atoms. The Kier molecular flexibility index (Phi) is 5.60. The van der Waals surface area contributed by atoms with E-state index in [-0.39, 0.29) is 29.2 Å². The summed E-state index contributed by atoms with van der Waals surface area (Å²) in [6.07, 6.45) is 4.13. The maximum Gasteiger partial charge on any atom is 0.260 e. The molecular formula is C22H34F2N4O. The maximum atomic E-state index is 13.9. The molecule has 0 radical (unpaired) electrons. The molecule has 1 N–H and O–H groups in total. The van der Waals surface area contributed by atoms with E-state index in [1.54, 1.807) is 0 Å². The lowest BCUT2D eigenvalue weighted by atomic mass is 9.85. The van der Waals surface area contributed by atoms with Crippen molar-refractivity contribution in [3.63, 3.8) is 0 Å². The van der Waals surface area contributed by atoms with Gasteiger partial charge in [-0.15, -0.1) is 0 Å². The fourth-order valence-electron chi connectivity index (χ4n) is 5.22. The predicted octanol–water partition coefficient (Wildman–Crippen LogP) is 4.60. The molecule has 29 heavy (non-hydrogen) atoms. The van der Waals surface area contributed by atoms with Crippen LogP contribution in [0.25, 0.3) is 0 Å². The fraction of sp³-hybridized carbons (Fsp3) is 0.818. The number of hydrogen-bond acceptors (Lipinski definition) is 3. The molecular weight excluding hydrogens is 374 g/mol. The quantitative estimate of drug-likeness (QED) is 0.795. The van der Waals surface area contributed by atoms with Crippen LogP contribution in [0.4, 0.5) is 14.6 Å². The Morgan fingerprint density at radius 1 is 1.21 bits per heavy atom. The largest absolute Gasteiger partial charge is 0.367 e. The van der Waals surface area contributed by atoms with Gasteiger partial charge >= 0.3 is 0 Å². The van der Waals surface area contributed by atoms with E-state index in [1.165, 1.54) is 4.68 Å². The SMILES string of the molecule is CC(C)(C)c1cc2n(n1)[C@@H](C(F)F)C[C@@H](C1CCCN(C(=O)C3CCCC3)C1)N2. The molecule has 1 saturated carbocycles.